The molecular formula is C35H30N4O. The number of para-hydroxylation sites is 1. The van der Waals surface area contributed by atoms with Crippen molar-refractivity contribution < 1.29 is 4.42 Å². The summed E-state index contributed by atoms with van der Waals surface area (Å²) in [5.41, 5.74) is 14.1. The number of nitrogens with zero attached hydrogens (tertiary/aromatic N) is 2. The minimum absolute atomic E-state index is 0.468. The summed E-state index contributed by atoms with van der Waals surface area (Å²) in [6, 6.07) is 41.1. The standard InChI is InChI=1S/C35H30N4O/c1-37-34(24-11-3-2-4-12-24)39-35(38-23-27-14-6-5-13-26(27)22-36)30-17-8-7-15-28(30)25-19-20-33-31(21-25)29-16-9-10-18-32(29)40-33/h2-21H,22-23,36H2,1H3,(H,37,38,39). The molecule has 196 valence electrons. The second kappa shape index (κ2) is 11.4. The first kappa shape index (κ1) is 25.3. The molecule has 0 radical (unpaired) electrons. The van der Waals surface area contributed by atoms with E-state index in [0.29, 0.717) is 13.1 Å². The minimum atomic E-state index is 0.468. The van der Waals surface area contributed by atoms with Gasteiger partial charge in [0.2, 0.25) is 0 Å². The van der Waals surface area contributed by atoms with E-state index in [4.69, 9.17) is 15.1 Å². The Morgan fingerprint density at radius 3 is 2.23 bits per heavy atom. The molecule has 5 heteroatoms. The third-order valence-corrected chi connectivity index (χ3v) is 7.12. The SMILES string of the molecule is CN=C(NC(=NCc1ccccc1CN)c1ccccc1-c1ccc2oc3ccccc3c2c1)c1ccccc1. The van der Waals surface area contributed by atoms with Gasteiger partial charge in [-0.15, -0.1) is 0 Å². The second-order valence-electron chi connectivity index (χ2n) is 9.56. The van der Waals surface area contributed by atoms with Crippen LogP contribution in [0.15, 0.2) is 136 Å². The van der Waals surface area contributed by atoms with Crippen LogP contribution in [0.25, 0.3) is 33.1 Å². The molecule has 5 aromatic carbocycles. The van der Waals surface area contributed by atoms with E-state index in [9.17, 15) is 0 Å². The summed E-state index contributed by atoms with van der Waals surface area (Å²) < 4.78 is 6.08. The average molecular weight is 523 g/mol. The van der Waals surface area contributed by atoms with Gasteiger partial charge >= 0.3 is 0 Å². The Morgan fingerprint density at radius 2 is 1.40 bits per heavy atom. The summed E-state index contributed by atoms with van der Waals surface area (Å²) in [5.74, 6) is 1.49. The van der Waals surface area contributed by atoms with Crippen molar-refractivity contribution in [1.29, 1.82) is 0 Å². The summed E-state index contributed by atoms with van der Waals surface area (Å²) in [7, 11) is 1.79. The summed E-state index contributed by atoms with van der Waals surface area (Å²) in [6.45, 7) is 0.955. The Morgan fingerprint density at radius 1 is 0.700 bits per heavy atom. The van der Waals surface area contributed by atoms with E-state index in [1.54, 1.807) is 7.05 Å². The summed E-state index contributed by atoms with van der Waals surface area (Å²) in [4.78, 5) is 9.70. The van der Waals surface area contributed by atoms with Gasteiger partial charge in [0.1, 0.15) is 22.8 Å². The molecule has 0 saturated carbocycles. The van der Waals surface area contributed by atoms with Gasteiger partial charge in [0, 0.05) is 35.5 Å². The van der Waals surface area contributed by atoms with Gasteiger partial charge in [-0.2, -0.15) is 0 Å². The maximum absolute atomic E-state index is 6.08. The zero-order chi connectivity index (χ0) is 27.3. The first-order valence-corrected chi connectivity index (χ1v) is 13.4. The zero-order valence-corrected chi connectivity index (χ0v) is 22.3. The molecule has 0 bridgehead atoms. The first-order valence-electron chi connectivity index (χ1n) is 13.4. The van der Waals surface area contributed by atoms with E-state index in [2.05, 4.69) is 58.8 Å². The largest absolute Gasteiger partial charge is 0.456 e. The van der Waals surface area contributed by atoms with Crippen molar-refractivity contribution in [1.82, 2.24) is 5.32 Å². The number of nitrogens with one attached hydrogen (secondary N) is 1. The molecular weight excluding hydrogens is 492 g/mol. The lowest BCUT2D eigenvalue weighted by molar-refractivity contribution is 0.669. The molecule has 0 aliphatic carbocycles. The highest BCUT2D eigenvalue weighted by molar-refractivity contribution is 6.17. The molecule has 6 rings (SSSR count). The fourth-order valence-electron chi connectivity index (χ4n) is 5.07. The quantitative estimate of drug-likeness (QED) is 0.178. The van der Waals surface area contributed by atoms with E-state index < -0.39 is 0 Å². The zero-order valence-electron chi connectivity index (χ0n) is 22.3. The monoisotopic (exact) mass is 522 g/mol. The van der Waals surface area contributed by atoms with Crippen LogP contribution in [-0.4, -0.2) is 18.7 Å². The van der Waals surface area contributed by atoms with Crippen LogP contribution >= 0.6 is 0 Å². The smallest absolute Gasteiger partial charge is 0.135 e. The molecule has 6 aromatic rings. The van der Waals surface area contributed by atoms with Crippen molar-refractivity contribution in [3.63, 3.8) is 0 Å². The first-order chi connectivity index (χ1) is 19.7. The minimum Gasteiger partial charge on any atom is -0.456 e. The maximum atomic E-state index is 6.08. The summed E-state index contributed by atoms with van der Waals surface area (Å²) in [5, 5.41) is 5.76. The Balaban J connectivity index is 1.47. The van der Waals surface area contributed by atoms with Gasteiger partial charge in [-0.3, -0.25) is 9.98 Å². The third kappa shape index (κ3) is 5.03. The average Bonchev–Trinajstić information content (AvgIpc) is 3.40. The van der Waals surface area contributed by atoms with Crippen LogP contribution in [0.5, 0.6) is 0 Å². The molecule has 1 aromatic heterocycles. The second-order valence-corrected chi connectivity index (χ2v) is 9.56. The topological polar surface area (TPSA) is 75.9 Å². The number of hydrogen-bond donors (Lipinski definition) is 2. The Hall–Kier alpha value is -5.00. The molecule has 0 amide bonds. The normalized spacial score (nSPS) is 12.2. The number of amidine groups is 2. The fourth-order valence-corrected chi connectivity index (χ4v) is 5.07. The van der Waals surface area contributed by atoms with Crippen LogP contribution in [0, 0.1) is 0 Å². The molecule has 1 heterocycles. The van der Waals surface area contributed by atoms with Gasteiger partial charge in [0.15, 0.2) is 0 Å². The molecule has 0 atom stereocenters. The predicted molar refractivity (Wildman–Crippen MR) is 166 cm³/mol. The van der Waals surface area contributed by atoms with Gasteiger partial charge < -0.3 is 15.5 Å². The lowest BCUT2D eigenvalue weighted by Gasteiger charge is -2.17. The summed E-state index contributed by atoms with van der Waals surface area (Å²) >= 11 is 0. The van der Waals surface area contributed by atoms with Gasteiger partial charge in [0.05, 0.1) is 6.54 Å². The van der Waals surface area contributed by atoms with Crippen molar-refractivity contribution in [2.24, 2.45) is 15.7 Å². The van der Waals surface area contributed by atoms with E-state index in [-0.39, 0.29) is 0 Å². The number of furan rings is 1. The molecule has 0 spiro atoms. The third-order valence-electron chi connectivity index (χ3n) is 7.12. The summed E-state index contributed by atoms with van der Waals surface area (Å²) in [6.07, 6.45) is 0. The van der Waals surface area contributed by atoms with Crippen LogP contribution < -0.4 is 11.1 Å². The number of benzene rings is 5. The lowest BCUT2D eigenvalue weighted by atomic mass is 9.97. The van der Waals surface area contributed by atoms with E-state index >= 15 is 0 Å². The molecule has 0 aliphatic rings. The highest BCUT2D eigenvalue weighted by atomic mass is 16.3. The van der Waals surface area contributed by atoms with Crippen molar-refractivity contribution in [3.05, 3.63) is 144 Å². The van der Waals surface area contributed by atoms with Crippen molar-refractivity contribution in [2.45, 2.75) is 13.1 Å². The number of aliphatic imine (C=N–C) groups is 2. The van der Waals surface area contributed by atoms with Crippen molar-refractivity contribution in [3.8, 4) is 11.1 Å². The number of hydrogen-bond acceptors (Lipinski definition) is 4. The Bertz CT molecular complexity index is 1850. The Kier molecular flexibility index (Phi) is 7.20. The van der Waals surface area contributed by atoms with E-state index in [0.717, 1.165) is 67.0 Å². The van der Waals surface area contributed by atoms with Crippen molar-refractivity contribution >= 4 is 33.6 Å². The predicted octanol–water partition coefficient (Wildman–Crippen LogP) is 7.32. The van der Waals surface area contributed by atoms with Crippen LogP contribution in [0.3, 0.4) is 0 Å². The molecule has 40 heavy (non-hydrogen) atoms. The van der Waals surface area contributed by atoms with Crippen molar-refractivity contribution in [2.75, 3.05) is 7.05 Å². The van der Waals surface area contributed by atoms with Gasteiger partial charge in [-0.1, -0.05) is 103 Å². The fraction of sp³-hybridized carbons (Fsp3) is 0.0857. The highest BCUT2D eigenvalue weighted by Crippen LogP contribution is 2.33. The van der Waals surface area contributed by atoms with Crippen LogP contribution in [0.2, 0.25) is 0 Å². The molecule has 3 N–H and O–H groups in total. The number of nitrogens with two attached hydrogens (primary N) is 1. The van der Waals surface area contributed by atoms with E-state index in [1.807, 2.05) is 72.8 Å². The number of fused-ring (bicyclic) bond motifs is 3. The van der Waals surface area contributed by atoms with Gasteiger partial charge in [-0.25, -0.2) is 0 Å². The van der Waals surface area contributed by atoms with Crippen LogP contribution in [-0.2, 0) is 13.1 Å². The highest BCUT2D eigenvalue weighted by Gasteiger charge is 2.16. The van der Waals surface area contributed by atoms with E-state index in [1.165, 1.54) is 0 Å². The molecule has 5 nitrogen and oxygen atoms in total. The lowest BCUT2D eigenvalue weighted by Crippen LogP contribution is -2.32. The van der Waals surface area contributed by atoms with Crippen LogP contribution in [0.4, 0.5) is 0 Å². The Labute approximate surface area is 233 Å². The molecule has 0 saturated heterocycles. The van der Waals surface area contributed by atoms with Gasteiger partial charge in [0.25, 0.3) is 0 Å². The molecule has 0 aliphatic heterocycles. The maximum Gasteiger partial charge on any atom is 0.135 e. The van der Waals surface area contributed by atoms with Crippen LogP contribution in [0.1, 0.15) is 22.3 Å². The number of rotatable bonds is 6. The van der Waals surface area contributed by atoms with Gasteiger partial charge in [-0.05, 0) is 40.5 Å². The molecule has 0 fully saturated rings. The molecule has 0 unspecified atom stereocenters.